The highest BCUT2D eigenvalue weighted by Gasteiger charge is 2.37. The van der Waals surface area contributed by atoms with Gasteiger partial charge in [-0.3, -0.25) is 4.79 Å². The van der Waals surface area contributed by atoms with Crippen LogP contribution in [-0.4, -0.2) is 40.3 Å². The van der Waals surface area contributed by atoms with Crippen molar-refractivity contribution in [3.8, 4) is 0 Å². The standard InChI is InChI=1S/C22H32N2O5/c1-15(2)17(23-20(28)29-21(3,4)5)18(25)24-22(6,19(26)27)14-10-13-16-11-8-7-9-12-16/h7-13,15,17H,14H2,1-6H3,(H,23,28)(H,24,25)(H,26,27)/b13-10+/t17-,22+/m0/s1. The molecule has 0 spiro atoms. The van der Waals surface area contributed by atoms with Gasteiger partial charge in [0.1, 0.15) is 17.2 Å². The zero-order chi connectivity index (χ0) is 22.2. The lowest BCUT2D eigenvalue weighted by atomic mass is 9.95. The maximum Gasteiger partial charge on any atom is 0.408 e. The fourth-order valence-electron chi connectivity index (χ4n) is 2.51. The zero-order valence-electron chi connectivity index (χ0n) is 18.0. The van der Waals surface area contributed by atoms with Crippen LogP contribution in [0.15, 0.2) is 36.4 Å². The number of carboxylic acid groups (broad SMARTS) is 1. The van der Waals surface area contributed by atoms with E-state index >= 15 is 0 Å². The number of aliphatic carboxylic acids is 1. The quantitative estimate of drug-likeness (QED) is 0.614. The number of ether oxygens (including phenoxy) is 1. The molecule has 2 amide bonds. The van der Waals surface area contributed by atoms with Crippen molar-refractivity contribution in [1.82, 2.24) is 10.6 Å². The third kappa shape index (κ3) is 8.37. The average Bonchev–Trinajstić information content (AvgIpc) is 2.58. The summed E-state index contributed by atoms with van der Waals surface area (Å²) in [5.41, 5.74) is -1.30. The topological polar surface area (TPSA) is 105 Å². The summed E-state index contributed by atoms with van der Waals surface area (Å²) in [5.74, 6) is -2.01. The Hall–Kier alpha value is -2.83. The predicted molar refractivity (Wildman–Crippen MR) is 112 cm³/mol. The van der Waals surface area contributed by atoms with Crippen LogP contribution in [0.2, 0.25) is 0 Å². The minimum Gasteiger partial charge on any atom is -0.480 e. The number of carbonyl (C=O) groups excluding carboxylic acids is 2. The molecular formula is C22H32N2O5. The molecule has 1 rings (SSSR count). The van der Waals surface area contributed by atoms with Crippen molar-refractivity contribution in [3.63, 3.8) is 0 Å². The number of carboxylic acids is 1. The lowest BCUT2D eigenvalue weighted by Gasteiger charge is -2.30. The van der Waals surface area contributed by atoms with Crippen molar-refractivity contribution in [1.29, 1.82) is 0 Å². The minimum absolute atomic E-state index is 0.0836. The number of amides is 2. The highest BCUT2D eigenvalue weighted by molar-refractivity contribution is 5.91. The predicted octanol–water partition coefficient (Wildman–Crippen LogP) is 3.60. The van der Waals surface area contributed by atoms with Crippen molar-refractivity contribution in [3.05, 3.63) is 42.0 Å². The molecule has 0 aliphatic heterocycles. The van der Waals surface area contributed by atoms with E-state index in [0.717, 1.165) is 5.56 Å². The molecule has 1 aromatic carbocycles. The molecule has 29 heavy (non-hydrogen) atoms. The molecule has 0 heterocycles. The average molecular weight is 405 g/mol. The maximum absolute atomic E-state index is 12.8. The number of hydrogen-bond donors (Lipinski definition) is 3. The van der Waals surface area contributed by atoms with Crippen LogP contribution in [0.1, 0.15) is 53.5 Å². The van der Waals surface area contributed by atoms with Crippen molar-refractivity contribution in [2.24, 2.45) is 5.92 Å². The van der Waals surface area contributed by atoms with Crippen LogP contribution in [0.25, 0.3) is 6.08 Å². The molecular weight excluding hydrogens is 372 g/mol. The molecule has 0 bridgehead atoms. The largest absolute Gasteiger partial charge is 0.480 e. The second-order valence-corrected chi connectivity index (χ2v) is 8.51. The first-order valence-corrected chi connectivity index (χ1v) is 9.60. The zero-order valence-corrected chi connectivity index (χ0v) is 18.0. The molecule has 0 saturated carbocycles. The van der Waals surface area contributed by atoms with Gasteiger partial charge in [-0.15, -0.1) is 0 Å². The number of benzene rings is 1. The highest BCUT2D eigenvalue weighted by atomic mass is 16.6. The molecule has 0 fully saturated rings. The van der Waals surface area contributed by atoms with Crippen LogP contribution in [0, 0.1) is 5.92 Å². The van der Waals surface area contributed by atoms with E-state index in [9.17, 15) is 19.5 Å². The Bertz CT molecular complexity index is 737. The summed E-state index contributed by atoms with van der Waals surface area (Å²) < 4.78 is 5.20. The van der Waals surface area contributed by atoms with Gasteiger partial charge in [0.2, 0.25) is 5.91 Å². The van der Waals surface area contributed by atoms with Crippen molar-refractivity contribution in [2.45, 2.75) is 65.1 Å². The summed E-state index contributed by atoms with van der Waals surface area (Å²) in [6, 6.07) is 8.52. The van der Waals surface area contributed by atoms with E-state index in [4.69, 9.17) is 4.74 Å². The van der Waals surface area contributed by atoms with E-state index in [2.05, 4.69) is 10.6 Å². The lowest BCUT2D eigenvalue weighted by molar-refractivity contribution is -0.147. The van der Waals surface area contributed by atoms with Gasteiger partial charge in [0.15, 0.2) is 0 Å². The molecule has 0 saturated heterocycles. The Morgan fingerprint density at radius 2 is 1.69 bits per heavy atom. The molecule has 7 nitrogen and oxygen atoms in total. The van der Waals surface area contributed by atoms with E-state index in [1.54, 1.807) is 46.8 Å². The fourth-order valence-corrected chi connectivity index (χ4v) is 2.51. The Labute approximate surface area is 172 Å². The second kappa shape index (κ2) is 10.1. The monoisotopic (exact) mass is 404 g/mol. The first-order valence-electron chi connectivity index (χ1n) is 9.60. The molecule has 160 valence electrons. The van der Waals surface area contributed by atoms with Crippen molar-refractivity contribution < 1.29 is 24.2 Å². The van der Waals surface area contributed by atoms with Crippen LogP contribution in [0.5, 0.6) is 0 Å². The van der Waals surface area contributed by atoms with Crippen molar-refractivity contribution >= 4 is 24.0 Å². The van der Waals surface area contributed by atoms with Gasteiger partial charge in [0, 0.05) is 0 Å². The van der Waals surface area contributed by atoms with Crippen molar-refractivity contribution in [2.75, 3.05) is 0 Å². The molecule has 0 aliphatic carbocycles. The van der Waals surface area contributed by atoms with Gasteiger partial charge >= 0.3 is 12.1 Å². The third-order valence-corrected chi connectivity index (χ3v) is 4.13. The molecule has 7 heteroatoms. The van der Waals surface area contributed by atoms with Gasteiger partial charge in [-0.1, -0.05) is 56.3 Å². The van der Waals surface area contributed by atoms with E-state index in [-0.39, 0.29) is 12.3 Å². The summed E-state index contributed by atoms with van der Waals surface area (Å²) in [6.07, 6.45) is 2.86. The van der Waals surface area contributed by atoms with E-state index < -0.39 is 35.2 Å². The second-order valence-electron chi connectivity index (χ2n) is 8.51. The van der Waals surface area contributed by atoms with Gasteiger partial charge in [-0.05, 0) is 45.6 Å². The molecule has 2 atom stereocenters. The number of rotatable bonds is 8. The number of alkyl carbamates (subject to hydrolysis) is 1. The minimum atomic E-state index is -1.52. The Morgan fingerprint density at radius 1 is 1.10 bits per heavy atom. The van der Waals surface area contributed by atoms with Crippen LogP contribution in [-0.2, 0) is 14.3 Å². The van der Waals surface area contributed by atoms with E-state index in [0.29, 0.717) is 0 Å². The Kier molecular flexibility index (Phi) is 8.42. The first kappa shape index (κ1) is 24.2. The molecule has 0 aliphatic rings. The van der Waals surface area contributed by atoms with Gasteiger partial charge < -0.3 is 20.5 Å². The van der Waals surface area contributed by atoms with Crippen LogP contribution in [0.3, 0.4) is 0 Å². The molecule has 3 N–H and O–H groups in total. The van der Waals surface area contributed by atoms with Gasteiger partial charge in [0.05, 0.1) is 0 Å². The van der Waals surface area contributed by atoms with Gasteiger partial charge in [-0.25, -0.2) is 9.59 Å². The molecule has 1 aromatic rings. The summed E-state index contributed by atoms with van der Waals surface area (Å²) in [6.45, 7) is 10.1. The fraction of sp³-hybridized carbons (Fsp3) is 0.500. The van der Waals surface area contributed by atoms with E-state index in [1.165, 1.54) is 6.92 Å². The smallest absolute Gasteiger partial charge is 0.408 e. The summed E-state index contributed by atoms with van der Waals surface area (Å²) >= 11 is 0. The molecule has 0 unspecified atom stereocenters. The lowest BCUT2D eigenvalue weighted by Crippen LogP contribution is -2.59. The molecule has 0 radical (unpaired) electrons. The normalized spacial score (nSPS) is 14.9. The SMILES string of the molecule is CC(C)[C@H](NC(=O)OC(C)(C)C)C(=O)N[C@](C)(C/C=C/c1ccccc1)C(=O)O. The third-order valence-electron chi connectivity index (χ3n) is 4.13. The van der Waals surface area contributed by atoms with Crippen LogP contribution in [0.4, 0.5) is 4.79 Å². The highest BCUT2D eigenvalue weighted by Crippen LogP contribution is 2.15. The Morgan fingerprint density at radius 3 is 2.17 bits per heavy atom. The number of hydrogen-bond acceptors (Lipinski definition) is 4. The first-order chi connectivity index (χ1) is 13.3. The van der Waals surface area contributed by atoms with E-state index in [1.807, 2.05) is 30.3 Å². The summed E-state index contributed by atoms with van der Waals surface area (Å²) in [4.78, 5) is 36.7. The number of nitrogens with one attached hydrogen (secondary N) is 2. The summed E-state index contributed by atoms with van der Waals surface area (Å²) in [5, 5.41) is 14.8. The number of carbonyl (C=O) groups is 3. The Balaban J connectivity index is 2.87. The van der Waals surface area contributed by atoms with Gasteiger partial charge in [-0.2, -0.15) is 0 Å². The molecule has 0 aromatic heterocycles. The summed E-state index contributed by atoms with van der Waals surface area (Å²) in [7, 11) is 0. The maximum atomic E-state index is 12.8. The van der Waals surface area contributed by atoms with Crippen LogP contribution >= 0.6 is 0 Å². The van der Waals surface area contributed by atoms with Gasteiger partial charge in [0.25, 0.3) is 0 Å². The van der Waals surface area contributed by atoms with Crippen LogP contribution < -0.4 is 10.6 Å².